The number of aromatic carboxylic acids is 1. The second-order valence-corrected chi connectivity index (χ2v) is 7.31. The second kappa shape index (κ2) is 6.56. The van der Waals surface area contributed by atoms with E-state index in [0.717, 1.165) is 6.42 Å². The Labute approximate surface area is 144 Å². The molecule has 1 fully saturated rings. The first-order valence-corrected chi connectivity index (χ1v) is 9.12. The summed E-state index contributed by atoms with van der Waals surface area (Å²) < 4.78 is 27.2. The Hall–Kier alpha value is -2.87. The minimum atomic E-state index is -3.80. The summed E-state index contributed by atoms with van der Waals surface area (Å²) in [6.07, 6.45) is 1.31. The van der Waals surface area contributed by atoms with Crippen molar-refractivity contribution in [3.05, 3.63) is 54.1 Å². The number of hydrogen-bond acceptors (Lipinski definition) is 4. The molecule has 0 saturated carbocycles. The Bertz CT molecular complexity index is 905. The minimum absolute atomic E-state index is 0.0345. The van der Waals surface area contributed by atoms with E-state index in [4.69, 9.17) is 5.11 Å². The van der Waals surface area contributed by atoms with E-state index < -0.39 is 16.0 Å². The lowest BCUT2D eigenvalue weighted by Crippen LogP contribution is -2.23. The van der Waals surface area contributed by atoms with Gasteiger partial charge in [0, 0.05) is 24.3 Å². The first-order valence-electron chi connectivity index (χ1n) is 7.63. The van der Waals surface area contributed by atoms with E-state index in [1.54, 1.807) is 17.0 Å². The molecule has 0 atom stereocenters. The van der Waals surface area contributed by atoms with Gasteiger partial charge in [0.2, 0.25) is 5.91 Å². The van der Waals surface area contributed by atoms with Crippen LogP contribution in [-0.2, 0) is 14.8 Å². The predicted molar refractivity (Wildman–Crippen MR) is 92.2 cm³/mol. The van der Waals surface area contributed by atoms with Crippen LogP contribution in [0.25, 0.3) is 0 Å². The summed E-state index contributed by atoms with van der Waals surface area (Å²) in [5.41, 5.74) is 1.01. The number of anilines is 2. The van der Waals surface area contributed by atoms with Crippen molar-refractivity contribution in [2.24, 2.45) is 0 Å². The molecule has 1 heterocycles. The Morgan fingerprint density at radius 3 is 2.20 bits per heavy atom. The van der Waals surface area contributed by atoms with Crippen molar-refractivity contribution in [3.8, 4) is 0 Å². The molecule has 1 saturated heterocycles. The minimum Gasteiger partial charge on any atom is -0.478 e. The van der Waals surface area contributed by atoms with E-state index in [-0.39, 0.29) is 22.1 Å². The van der Waals surface area contributed by atoms with Crippen LogP contribution in [-0.4, -0.2) is 31.9 Å². The van der Waals surface area contributed by atoms with Gasteiger partial charge in [0.25, 0.3) is 10.0 Å². The van der Waals surface area contributed by atoms with Crippen LogP contribution in [0.4, 0.5) is 11.4 Å². The smallest absolute Gasteiger partial charge is 0.335 e. The number of carbonyl (C=O) groups is 2. The second-order valence-electron chi connectivity index (χ2n) is 5.63. The van der Waals surface area contributed by atoms with Crippen molar-refractivity contribution in [1.29, 1.82) is 0 Å². The van der Waals surface area contributed by atoms with Gasteiger partial charge in [0.05, 0.1) is 10.5 Å². The molecule has 2 aromatic rings. The number of carboxylic acid groups (broad SMARTS) is 1. The van der Waals surface area contributed by atoms with Crippen molar-refractivity contribution in [1.82, 2.24) is 0 Å². The van der Waals surface area contributed by atoms with Crippen LogP contribution in [0, 0.1) is 0 Å². The molecule has 7 nitrogen and oxygen atoms in total. The third kappa shape index (κ3) is 3.63. The van der Waals surface area contributed by atoms with Crippen molar-refractivity contribution in [2.45, 2.75) is 17.7 Å². The molecule has 3 rings (SSSR count). The van der Waals surface area contributed by atoms with Crippen molar-refractivity contribution in [3.63, 3.8) is 0 Å². The maximum Gasteiger partial charge on any atom is 0.335 e. The van der Waals surface area contributed by atoms with Gasteiger partial charge < -0.3 is 10.0 Å². The highest BCUT2D eigenvalue weighted by molar-refractivity contribution is 7.92. The number of amides is 1. The van der Waals surface area contributed by atoms with Crippen LogP contribution in [0.3, 0.4) is 0 Å². The number of benzene rings is 2. The number of nitrogens with one attached hydrogen (secondary N) is 1. The lowest BCUT2D eigenvalue weighted by molar-refractivity contribution is -0.117. The van der Waals surface area contributed by atoms with Gasteiger partial charge in [0.15, 0.2) is 0 Å². The lowest BCUT2D eigenvalue weighted by Gasteiger charge is -2.16. The van der Waals surface area contributed by atoms with Gasteiger partial charge in [-0.2, -0.15) is 0 Å². The molecule has 0 spiro atoms. The third-order valence-electron chi connectivity index (χ3n) is 3.92. The molecule has 0 aromatic heterocycles. The van der Waals surface area contributed by atoms with E-state index in [1.165, 1.54) is 36.4 Å². The highest BCUT2D eigenvalue weighted by atomic mass is 32.2. The summed E-state index contributed by atoms with van der Waals surface area (Å²) in [7, 11) is -3.80. The molecule has 1 amide bonds. The highest BCUT2D eigenvalue weighted by Crippen LogP contribution is 2.24. The van der Waals surface area contributed by atoms with Crippen LogP contribution >= 0.6 is 0 Å². The van der Waals surface area contributed by atoms with Crippen LogP contribution in [0.1, 0.15) is 23.2 Å². The van der Waals surface area contributed by atoms with Gasteiger partial charge in [-0.3, -0.25) is 9.52 Å². The fourth-order valence-corrected chi connectivity index (χ4v) is 3.68. The van der Waals surface area contributed by atoms with Gasteiger partial charge in [-0.05, 0) is 55.0 Å². The molecule has 0 aliphatic carbocycles. The summed E-state index contributed by atoms with van der Waals surface area (Å²) in [4.78, 5) is 24.2. The van der Waals surface area contributed by atoms with E-state index in [1.807, 2.05) is 0 Å². The number of sulfonamides is 1. The zero-order valence-electron chi connectivity index (χ0n) is 13.2. The highest BCUT2D eigenvalue weighted by Gasteiger charge is 2.22. The van der Waals surface area contributed by atoms with Crippen molar-refractivity contribution in [2.75, 3.05) is 16.2 Å². The summed E-state index contributed by atoms with van der Waals surface area (Å²) >= 11 is 0. The summed E-state index contributed by atoms with van der Waals surface area (Å²) in [5.74, 6) is -1.05. The lowest BCUT2D eigenvalue weighted by atomic mass is 10.2. The predicted octanol–water partition coefficient (Wildman–Crippen LogP) is 2.31. The fraction of sp³-hybridized carbons (Fsp3) is 0.176. The molecule has 0 bridgehead atoms. The molecule has 2 N–H and O–H groups in total. The number of nitrogens with zero attached hydrogens (tertiary/aromatic N) is 1. The molecule has 2 aromatic carbocycles. The molecule has 1 aliphatic heterocycles. The topological polar surface area (TPSA) is 104 Å². The van der Waals surface area contributed by atoms with Crippen molar-refractivity contribution < 1.29 is 23.1 Å². The number of carboxylic acids is 1. The van der Waals surface area contributed by atoms with Gasteiger partial charge in [-0.25, -0.2) is 13.2 Å². The molecule has 8 heteroatoms. The number of rotatable bonds is 5. The van der Waals surface area contributed by atoms with Gasteiger partial charge in [0.1, 0.15) is 0 Å². The van der Waals surface area contributed by atoms with E-state index in [9.17, 15) is 18.0 Å². The largest absolute Gasteiger partial charge is 0.478 e. The van der Waals surface area contributed by atoms with Crippen LogP contribution in [0.5, 0.6) is 0 Å². The Balaban J connectivity index is 1.77. The molecule has 0 radical (unpaired) electrons. The Kier molecular flexibility index (Phi) is 4.45. The zero-order valence-corrected chi connectivity index (χ0v) is 14.0. The summed E-state index contributed by atoms with van der Waals surface area (Å²) in [6.45, 7) is 0.638. The Morgan fingerprint density at radius 2 is 1.68 bits per heavy atom. The summed E-state index contributed by atoms with van der Waals surface area (Å²) in [5, 5.41) is 8.85. The fourth-order valence-electron chi connectivity index (χ4n) is 2.62. The standard InChI is InChI=1S/C17H16N2O5S/c20-16-2-1-11-19(16)14-7-9-15(10-8-14)25(23,24)18-13-5-3-12(4-6-13)17(21)22/h3-10,18H,1-2,11H2,(H,21,22). The van der Waals surface area contributed by atoms with E-state index in [0.29, 0.717) is 18.7 Å². The van der Waals surface area contributed by atoms with Gasteiger partial charge >= 0.3 is 5.97 Å². The zero-order chi connectivity index (χ0) is 18.0. The first kappa shape index (κ1) is 17.0. The van der Waals surface area contributed by atoms with Gasteiger partial charge in [-0.15, -0.1) is 0 Å². The Morgan fingerprint density at radius 1 is 1.04 bits per heavy atom. The molecule has 25 heavy (non-hydrogen) atoms. The maximum absolute atomic E-state index is 12.4. The molecule has 0 unspecified atom stereocenters. The normalized spacial score (nSPS) is 14.6. The number of carbonyl (C=O) groups excluding carboxylic acids is 1. The molecule has 130 valence electrons. The first-order chi connectivity index (χ1) is 11.9. The molecular formula is C17H16N2O5S. The monoisotopic (exact) mass is 360 g/mol. The van der Waals surface area contributed by atoms with Crippen LogP contribution in [0.2, 0.25) is 0 Å². The van der Waals surface area contributed by atoms with E-state index in [2.05, 4.69) is 4.72 Å². The number of hydrogen-bond donors (Lipinski definition) is 2. The summed E-state index contributed by atoms with van der Waals surface area (Å²) in [6, 6.07) is 11.5. The van der Waals surface area contributed by atoms with Crippen LogP contribution < -0.4 is 9.62 Å². The van der Waals surface area contributed by atoms with Gasteiger partial charge in [-0.1, -0.05) is 0 Å². The van der Waals surface area contributed by atoms with Crippen molar-refractivity contribution >= 4 is 33.3 Å². The van der Waals surface area contributed by atoms with Crippen LogP contribution in [0.15, 0.2) is 53.4 Å². The third-order valence-corrected chi connectivity index (χ3v) is 5.31. The quantitative estimate of drug-likeness (QED) is 0.851. The average Bonchev–Trinajstić information content (AvgIpc) is 3.01. The SMILES string of the molecule is O=C(O)c1ccc(NS(=O)(=O)c2ccc(N3CCCC3=O)cc2)cc1. The molecule has 1 aliphatic rings. The average molecular weight is 360 g/mol. The molecular weight excluding hydrogens is 344 g/mol. The van der Waals surface area contributed by atoms with E-state index >= 15 is 0 Å². The maximum atomic E-state index is 12.4.